The number of nitrogens with one attached hydrogen (secondary N) is 2. The molecule has 2 amide bonds. The average Bonchev–Trinajstić information content (AvgIpc) is 2.75. The number of carbonyl (C=O) groups excluding carboxylic acids is 2. The highest BCUT2D eigenvalue weighted by molar-refractivity contribution is 5.93. The lowest BCUT2D eigenvalue weighted by Gasteiger charge is -2.12. The molecule has 0 unspecified atom stereocenters. The molecule has 0 heterocycles. The van der Waals surface area contributed by atoms with E-state index >= 15 is 0 Å². The molecule has 29 heavy (non-hydrogen) atoms. The van der Waals surface area contributed by atoms with E-state index < -0.39 is 0 Å². The van der Waals surface area contributed by atoms with E-state index in [1.54, 1.807) is 26.4 Å². The van der Waals surface area contributed by atoms with Gasteiger partial charge in [0.15, 0.2) is 0 Å². The van der Waals surface area contributed by atoms with Gasteiger partial charge in [0, 0.05) is 24.7 Å². The third kappa shape index (κ3) is 7.92. The van der Waals surface area contributed by atoms with Crippen LogP contribution in [0.2, 0.25) is 0 Å². The summed E-state index contributed by atoms with van der Waals surface area (Å²) in [5.74, 6) is 1.07. The van der Waals surface area contributed by atoms with E-state index in [0.717, 1.165) is 22.6 Å². The van der Waals surface area contributed by atoms with E-state index in [2.05, 4.69) is 10.6 Å². The first-order chi connectivity index (χ1) is 14.0. The molecule has 6 nitrogen and oxygen atoms in total. The predicted molar refractivity (Wildman–Crippen MR) is 115 cm³/mol. The Kier molecular flexibility index (Phi) is 8.51. The molecule has 0 aliphatic rings. The van der Waals surface area contributed by atoms with Crippen molar-refractivity contribution in [3.05, 3.63) is 71.8 Å². The lowest BCUT2D eigenvalue weighted by Crippen LogP contribution is -2.40. The number of ether oxygens (including phenoxy) is 2. The van der Waals surface area contributed by atoms with E-state index in [4.69, 9.17) is 9.47 Å². The Morgan fingerprint density at radius 2 is 1.28 bits per heavy atom. The molecule has 6 heteroatoms. The van der Waals surface area contributed by atoms with Gasteiger partial charge in [0.1, 0.15) is 11.5 Å². The first-order valence-corrected chi connectivity index (χ1v) is 9.22. The molecule has 2 aromatic rings. The van der Waals surface area contributed by atoms with E-state index in [1.807, 2.05) is 55.5 Å². The molecule has 2 rings (SSSR count). The summed E-state index contributed by atoms with van der Waals surface area (Å²) in [5, 5.41) is 5.58. The van der Waals surface area contributed by atoms with Crippen LogP contribution in [-0.2, 0) is 9.59 Å². The van der Waals surface area contributed by atoms with Crippen molar-refractivity contribution in [2.24, 2.45) is 0 Å². The van der Waals surface area contributed by atoms with Crippen molar-refractivity contribution in [1.82, 2.24) is 10.6 Å². The van der Waals surface area contributed by atoms with Crippen molar-refractivity contribution in [1.29, 1.82) is 0 Å². The van der Waals surface area contributed by atoms with Gasteiger partial charge in [0.05, 0.1) is 14.2 Å². The average molecular weight is 394 g/mol. The second kappa shape index (κ2) is 11.3. The zero-order valence-corrected chi connectivity index (χ0v) is 16.8. The number of amides is 2. The highest BCUT2D eigenvalue weighted by Crippen LogP contribution is 2.13. The summed E-state index contributed by atoms with van der Waals surface area (Å²) in [4.78, 5) is 23.9. The van der Waals surface area contributed by atoms with Gasteiger partial charge in [-0.05, 0) is 54.5 Å². The van der Waals surface area contributed by atoms with Crippen LogP contribution in [0.25, 0.3) is 12.2 Å². The van der Waals surface area contributed by atoms with Crippen LogP contribution in [0, 0.1) is 0 Å². The van der Waals surface area contributed by atoms with Crippen LogP contribution >= 0.6 is 0 Å². The molecular weight excluding hydrogens is 368 g/mol. The topological polar surface area (TPSA) is 76.7 Å². The van der Waals surface area contributed by atoms with Crippen LogP contribution in [0.3, 0.4) is 0 Å². The monoisotopic (exact) mass is 394 g/mol. The number of hydrogen-bond acceptors (Lipinski definition) is 4. The van der Waals surface area contributed by atoms with E-state index in [1.165, 1.54) is 12.2 Å². The summed E-state index contributed by atoms with van der Waals surface area (Å²) >= 11 is 0. The largest absolute Gasteiger partial charge is 0.497 e. The molecule has 0 fully saturated rings. The maximum absolute atomic E-state index is 12.0. The third-order valence-electron chi connectivity index (χ3n) is 4.06. The lowest BCUT2D eigenvalue weighted by atomic mass is 10.2. The van der Waals surface area contributed by atoms with Crippen molar-refractivity contribution in [2.45, 2.75) is 13.0 Å². The van der Waals surface area contributed by atoms with Crippen LogP contribution < -0.4 is 20.1 Å². The van der Waals surface area contributed by atoms with Gasteiger partial charge in [-0.15, -0.1) is 0 Å². The molecule has 0 spiro atoms. The highest BCUT2D eigenvalue weighted by Gasteiger charge is 2.06. The fourth-order valence-corrected chi connectivity index (χ4v) is 2.43. The Balaban J connectivity index is 1.73. The van der Waals surface area contributed by atoms with Crippen molar-refractivity contribution >= 4 is 24.0 Å². The fourth-order valence-electron chi connectivity index (χ4n) is 2.43. The van der Waals surface area contributed by atoms with Crippen molar-refractivity contribution < 1.29 is 19.1 Å². The minimum atomic E-state index is -0.226. The molecule has 2 N–H and O–H groups in total. The van der Waals surface area contributed by atoms with E-state index in [0.29, 0.717) is 6.54 Å². The molecule has 0 aliphatic carbocycles. The van der Waals surface area contributed by atoms with Crippen LogP contribution in [0.15, 0.2) is 60.7 Å². The SMILES string of the molecule is COc1ccc(/C=C/C(=O)NC[C@@H](C)NC(=O)/C=C/c2ccc(OC)cc2)cc1. The molecule has 0 bridgehead atoms. The predicted octanol–water partition coefficient (Wildman–Crippen LogP) is 3.05. The van der Waals surface area contributed by atoms with Crippen LogP contribution in [0.5, 0.6) is 11.5 Å². The van der Waals surface area contributed by atoms with Gasteiger partial charge in [-0.1, -0.05) is 24.3 Å². The van der Waals surface area contributed by atoms with E-state index in [-0.39, 0.29) is 17.9 Å². The molecule has 0 radical (unpaired) electrons. The standard InChI is InChI=1S/C23H26N2O4/c1-17(25-23(27)15-9-19-6-12-21(29-3)13-7-19)16-24-22(26)14-8-18-4-10-20(28-2)11-5-18/h4-15,17H,16H2,1-3H3,(H,24,26)(H,25,27)/b14-8+,15-9+/t17-/m1/s1. The van der Waals surface area contributed by atoms with Crippen molar-refractivity contribution in [2.75, 3.05) is 20.8 Å². The number of benzene rings is 2. The Hall–Kier alpha value is -3.54. The van der Waals surface area contributed by atoms with Gasteiger partial charge in [-0.25, -0.2) is 0 Å². The molecule has 152 valence electrons. The first kappa shape index (κ1) is 21.8. The smallest absolute Gasteiger partial charge is 0.244 e. The summed E-state index contributed by atoms with van der Waals surface area (Å²) in [6.45, 7) is 2.15. The molecule has 1 atom stereocenters. The van der Waals surface area contributed by atoms with Gasteiger partial charge in [-0.3, -0.25) is 9.59 Å². The van der Waals surface area contributed by atoms with Gasteiger partial charge >= 0.3 is 0 Å². The van der Waals surface area contributed by atoms with Crippen LogP contribution in [0.4, 0.5) is 0 Å². The van der Waals surface area contributed by atoms with Gasteiger partial charge in [0.25, 0.3) is 0 Å². The van der Waals surface area contributed by atoms with Crippen molar-refractivity contribution in [3.63, 3.8) is 0 Å². The Labute approximate surface area is 171 Å². The molecule has 0 aromatic heterocycles. The van der Waals surface area contributed by atoms with Gasteiger partial charge in [-0.2, -0.15) is 0 Å². The number of rotatable bonds is 9. The summed E-state index contributed by atoms with van der Waals surface area (Å²) in [7, 11) is 3.21. The normalized spacial score (nSPS) is 12.0. The molecule has 0 aliphatic heterocycles. The molecule has 0 saturated heterocycles. The summed E-state index contributed by atoms with van der Waals surface area (Å²) < 4.78 is 10.2. The quantitative estimate of drug-likeness (QED) is 0.641. The fraction of sp³-hybridized carbons (Fsp3) is 0.217. The number of hydrogen-bond donors (Lipinski definition) is 2. The maximum Gasteiger partial charge on any atom is 0.244 e. The summed E-state index contributed by atoms with van der Waals surface area (Å²) in [5.41, 5.74) is 1.79. The maximum atomic E-state index is 12.0. The molecule has 0 saturated carbocycles. The highest BCUT2D eigenvalue weighted by atomic mass is 16.5. The minimum absolute atomic E-state index is 0.207. The zero-order chi connectivity index (χ0) is 21.1. The molecular formula is C23H26N2O4. The van der Waals surface area contributed by atoms with E-state index in [9.17, 15) is 9.59 Å². The van der Waals surface area contributed by atoms with Crippen molar-refractivity contribution in [3.8, 4) is 11.5 Å². The van der Waals surface area contributed by atoms with Gasteiger partial charge in [0.2, 0.25) is 11.8 Å². The number of methoxy groups -OCH3 is 2. The first-order valence-electron chi connectivity index (χ1n) is 9.22. The van der Waals surface area contributed by atoms with Gasteiger partial charge < -0.3 is 20.1 Å². The Morgan fingerprint density at radius 3 is 1.72 bits per heavy atom. The number of carbonyl (C=O) groups is 2. The third-order valence-corrected chi connectivity index (χ3v) is 4.06. The van der Waals surface area contributed by atoms with Crippen LogP contribution in [-0.4, -0.2) is 38.6 Å². The lowest BCUT2D eigenvalue weighted by molar-refractivity contribution is -0.118. The molecule has 2 aromatic carbocycles. The summed E-state index contributed by atoms with van der Waals surface area (Å²) in [6.07, 6.45) is 6.36. The second-order valence-electron chi connectivity index (χ2n) is 6.37. The Bertz CT molecular complexity index is 855. The summed E-state index contributed by atoms with van der Waals surface area (Å²) in [6, 6.07) is 14.6. The van der Waals surface area contributed by atoms with Crippen LogP contribution in [0.1, 0.15) is 18.1 Å². The minimum Gasteiger partial charge on any atom is -0.497 e. The second-order valence-corrected chi connectivity index (χ2v) is 6.37. The Morgan fingerprint density at radius 1 is 0.828 bits per heavy atom. The zero-order valence-electron chi connectivity index (χ0n) is 16.8.